The van der Waals surface area contributed by atoms with Crippen LogP contribution in [0.4, 0.5) is 0 Å². The number of carboxylic acid groups (broad SMARTS) is 1. The second-order valence-electron chi connectivity index (χ2n) is 4.63. The number of aliphatic carboxylic acids is 1. The summed E-state index contributed by atoms with van der Waals surface area (Å²) in [6.07, 6.45) is 1.66. The van der Waals surface area contributed by atoms with Crippen LogP contribution < -0.4 is 5.32 Å². The van der Waals surface area contributed by atoms with Crippen molar-refractivity contribution in [3.05, 3.63) is 29.3 Å². The average molecular weight is 249 g/mol. The molecule has 0 spiro atoms. The summed E-state index contributed by atoms with van der Waals surface area (Å²) in [6.45, 7) is 1.72. The summed E-state index contributed by atoms with van der Waals surface area (Å²) in [5.74, 6) is -1.42. The van der Waals surface area contributed by atoms with E-state index in [0.29, 0.717) is 5.56 Å². The van der Waals surface area contributed by atoms with Crippen molar-refractivity contribution in [2.75, 3.05) is 0 Å². The molecular formula is C13H15NO4. The summed E-state index contributed by atoms with van der Waals surface area (Å²) in [5.41, 5.74) is 0.938. The van der Waals surface area contributed by atoms with Crippen LogP contribution in [-0.4, -0.2) is 28.1 Å². The number of phenolic OH excluding ortho intramolecular Hbond substituents is 1. The summed E-state index contributed by atoms with van der Waals surface area (Å²) >= 11 is 0. The maximum atomic E-state index is 11.9. The van der Waals surface area contributed by atoms with Crippen molar-refractivity contribution in [1.29, 1.82) is 0 Å². The molecule has 1 aromatic carbocycles. The molecule has 1 fully saturated rings. The van der Waals surface area contributed by atoms with Gasteiger partial charge in [-0.1, -0.05) is 6.07 Å². The van der Waals surface area contributed by atoms with Crippen LogP contribution in [0.15, 0.2) is 18.2 Å². The normalized spacial score (nSPS) is 16.1. The molecule has 0 heterocycles. The topological polar surface area (TPSA) is 86.6 Å². The number of aromatic hydroxyl groups is 1. The van der Waals surface area contributed by atoms with Gasteiger partial charge in [-0.05, 0) is 43.4 Å². The largest absolute Gasteiger partial charge is 0.508 e. The highest BCUT2D eigenvalue weighted by Crippen LogP contribution is 2.33. The van der Waals surface area contributed by atoms with Crippen molar-refractivity contribution < 1.29 is 19.8 Å². The number of phenols is 1. The molecule has 3 N–H and O–H groups in total. The molecule has 1 aliphatic carbocycles. The Bertz CT molecular complexity index is 494. The molecule has 0 saturated heterocycles. The number of carboxylic acids is 1. The standard InChI is InChI=1S/C13H15NO4/c1-7-2-3-9(6-10(7)15)12(16)14-11(13(17)18)8-4-5-8/h2-3,6,8,11,15H,4-5H2,1H3,(H,14,16)(H,17,18). The molecule has 0 radical (unpaired) electrons. The van der Waals surface area contributed by atoms with Crippen LogP contribution in [0, 0.1) is 12.8 Å². The van der Waals surface area contributed by atoms with Crippen LogP contribution in [0.5, 0.6) is 5.75 Å². The number of hydrogen-bond acceptors (Lipinski definition) is 3. The van der Waals surface area contributed by atoms with E-state index in [9.17, 15) is 14.7 Å². The highest BCUT2D eigenvalue weighted by atomic mass is 16.4. The summed E-state index contributed by atoms with van der Waals surface area (Å²) in [7, 11) is 0. The Morgan fingerprint density at radius 3 is 2.56 bits per heavy atom. The second-order valence-corrected chi connectivity index (χ2v) is 4.63. The summed E-state index contributed by atoms with van der Waals surface area (Å²) in [4.78, 5) is 22.9. The zero-order chi connectivity index (χ0) is 13.3. The highest BCUT2D eigenvalue weighted by Gasteiger charge is 2.37. The molecule has 1 atom stereocenters. The Balaban J connectivity index is 2.10. The first-order valence-corrected chi connectivity index (χ1v) is 5.82. The first kappa shape index (κ1) is 12.4. The molecule has 0 bridgehead atoms. The quantitative estimate of drug-likeness (QED) is 0.750. The molecular weight excluding hydrogens is 234 g/mol. The third-order valence-corrected chi connectivity index (χ3v) is 3.12. The van der Waals surface area contributed by atoms with Gasteiger partial charge in [0.05, 0.1) is 0 Å². The van der Waals surface area contributed by atoms with Crippen LogP contribution in [0.3, 0.4) is 0 Å². The van der Waals surface area contributed by atoms with E-state index < -0.39 is 17.9 Å². The van der Waals surface area contributed by atoms with E-state index in [1.807, 2.05) is 0 Å². The van der Waals surface area contributed by atoms with Crippen LogP contribution in [0.25, 0.3) is 0 Å². The Morgan fingerprint density at radius 2 is 2.06 bits per heavy atom. The van der Waals surface area contributed by atoms with Crippen molar-refractivity contribution in [2.24, 2.45) is 5.92 Å². The van der Waals surface area contributed by atoms with Gasteiger partial charge in [-0.25, -0.2) is 4.79 Å². The highest BCUT2D eigenvalue weighted by molar-refractivity contribution is 5.97. The van der Waals surface area contributed by atoms with E-state index in [1.165, 1.54) is 6.07 Å². The fourth-order valence-electron chi connectivity index (χ4n) is 1.79. The number of amides is 1. The minimum atomic E-state index is -1.01. The lowest BCUT2D eigenvalue weighted by Crippen LogP contribution is -2.42. The Morgan fingerprint density at radius 1 is 1.39 bits per heavy atom. The number of benzene rings is 1. The summed E-state index contributed by atoms with van der Waals surface area (Å²) in [6, 6.07) is 3.70. The third-order valence-electron chi connectivity index (χ3n) is 3.12. The monoisotopic (exact) mass is 249 g/mol. The van der Waals surface area contributed by atoms with Gasteiger partial charge in [0.15, 0.2) is 0 Å². The lowest BCUT2D eigenvalue weighted by Gasteiger charge is -2.13. The SMILES string of the molecule is Cc1ccc(C(=O)NC(C(=O)O)C2CC2)cc1O. The number of rotatable bonds is 4. The number of hydrogen-bond donors (Lipinski definition) is 3. The molecule has 96 valence electrons. The summed E-state index contributed by atoms with van der Waals surface area (Å²) in [5, 5.41) is 21.0. The van der Waals surface area contributed by atoms with Gasteiger partial charge in [-0.3, -0.25) is 4.79 Å². The number of nitrogens with one attached hydrogen (secondary N) is 1. The zero-order valence-electron chi connectivity index (χ0n) is 10.0. The number of carbonyl (C=O) groups excluding carboxylic acids is 1. The molecule has 2 rings (SSSR count). The van der Waals surface area contributed by atoms with Gasteiger partial charge in [-0.15, -0.1) is 0 Å². The molecule has 1 unspecified atom stereocenters. The van der Waals surface area contributed by atoms with Gasteiger partial charge < -0.3 is 15.5 Å². The van der Waals surface area contributed by atoms with Crippen LogP contribution in [-0.2, 0) is 4.79 Å². The minimum Gasteiger partial charge on any atom is -0.508 e. The Hall–Kier alpha value is -2.04. The van der Waals surface area contributed by atoms with E-state index >= 15 is 0 Å². The predicted molar refractivity (Wildman–Crippen MR) is 64.5 cm³/mol. The fraction of sp³-hybridized carbons (Fsp3) is 0.385. The van der Waals surface area contributed by atoms with Crippen LogP contribution in [0.1, 0.15) is 28.8 Å². The van der Waals surface area contributed by atoms with E-state index in [4.69, 9.17) is 5.11 Å². The molecule has 0 aliphatic heterocycles. The molecule has 0 aromatic heterocycles. The Kier molecular flexibility index (Phi) is 3.23. The summed E-state index contributed by atoms with van der Waals surface area (Å²) < 4.78 is 0. The molecule has 5 heteroatoms. The van der Waals surface area contributed by atoms with E-state index in [0.717, 1.165) is 12.8 Å². The van der Waals surface area contributed by atoms with Crippen molar-refractivity contribution >= 4 is 11.9 Å². The first-order valence-electron chi connectivity index (χ1n) is 5.82. The van der Waals surface area contributed by atoms with E-state index in [1.54, 1.807) is 19.1 Å². The van der Waals surface area contributed by atoms with Gasteiger partial charge in [0.1, 0.15) is 11.8 Å². The van der Waals surface area contributed by atoms with E-state index in [2.05, 4.69) is 5.32 Å². The lowest BCUT2D eigenvalue weighted by molar-refractivity contribution is -0.139. The molecule has 1 aromatic rings. The Labute approximate surface area is 104 Å². The predicted octanol–water partition coefficient (Wildman–Crippen LogP) is 1.29. The van der Waals surface area contributed by atoms with Gasteiger partial charge in [0.2, 0.25) is 0 Å². The molecule has 1 saturated carbocycles. The van der Waals surface area contributed by atoms with Crippen LogP contribution in [0.2, 0.25) is 0 Å². The molecule has 1 amide bonds. The fourth-order valence-corrected chi connectivity index (χ4v) is 1.79. The first-order chi connectivity index (χ1) is 8.49. The lowest BCUT2D eigenvalue weighted by atomic mass is 10.1. The molecule has 1 aliphatic rings. The second kappa shape index (κ2) is 4.68. The van der Waals surface area contributed by atoms with Gasteiger partial charge in [0, 0.05) is 5.56 Å². The van der Waals surface area contributed by atoms with Crippen molar-refractivity contribution in [1.82, 2.24) is 5.32 Å². The van der Waals surface area contributed by atoms with E-state index in [-0.39, 0.29) is 17.2 Å². The van der Waals surface area contributed by atoms with Gasteiger partial charge >= 0.3 is 5.97 Å². The molecule has 5 nitrogen and oxygen atoms in total. The van der Waals surface area contributed by atoms with Crippen molar-refractivity contribution in [2.45, 2.75) is 25.8 Å². The average Bonchev–Trinajstić information content (AvgIpc) is 3.13. The third kappa shape index (κ3) is 2.61. The van der Waals surface area contributed by atoms with Gasteiger partial charge in [-0.2, -0.15) is 0 Å². The van der Waals surface area contributed by atoms with Crippen molar-refractivity contribution in [3.8, 4) is 5.75 Å². The van der Waals surface area contributed by atoms with Gasteiger partial charge in [0.25, 0.3) is 5.91 Å². The minimum absolute atomic E-state index is 0.0287. The maximum absolute atomic E-state index is 11.9. The number of carbonyl (C=O) groups is 2. The molecule has 18 heavy (non-hydrogen) atoms. The maximum Gasteiger partial charge on any atom is 0.326 e. The van der Waals surface area contributed by atoms with Crippen LogP contribution >= 0.6 is 0 Å². The van der Waals surface area contributed by atoms with Crippen molar-refractivity contribution in [3.63, 3.8) is 0 Å². The number of aryl methyl sites for hydroxylation is 1. The smallest absolute Gasteiger partial charge is 0.326 e. The zero-order valence-corrected chi connectivity index (χ0v) is 10.0.